The van der Waals surface area contributed by atoms with Gasteiger partial charge in [0.25, 0.3) is 5.91 Å². The second kappa shape index (κ2) is 11.6. The van der Waals surface area contributed by atoms with Crippen LogP contribution in [0.3, 0.4) is 0 Å². The number of pyridine rings is 1. The van der Waals surface area contributed by atoms with E-state index in [1.165, 1.54) is 6.20 Å². The number of rotatable bonds is 6. The number of alkyl halides is 3. The van der Waals surface area contributed by atoms with Crippen LogP contribution >= 0.6 is 0 Å². The molecule has 10 nitrogen and oxygen atoms in total. The summed E-state index contributed by atoms with van der Waals surface area (Å²) in [5.74, 6) is -2.78. The molecule has 0 bridgehead atoms. The van der Waals surface area contributed by atoms with E-state index in [1.54, 1.807) is 37.4 Å². The SMILES string of the molecule is COc1cccc(Nc2c(C(N)=O)cnc3ccc(S(=O)(=O)C4CCNCC4)cc23)c1.O=C(O)C(F)(F)F. The van der Waals surface area contributed by atoms with E-state index in [9.17, 15) is 26.4 Å². The van der Waals surface area contributed by atoms with E-state index in [2.05, 4.69) is 15.6 Å². The number of benzene rings is 2. The van der Waals surface area contributed by atoms with Gasteiger partial charge in [0.1, 0.15) is 5.75 Å². The Bertz CT molecular complexity index is 1440. The normalized spacial score (nSPS) is 14.3. The van der Waals surface area contributed by atoms with Gasteiger partial charge in [-0.3, -0.25) is 9.78 Å². The van der Waals surface area contributed by atoms with Crippen molar-refractivity contribution in [2.24, 2.45) is 5.73 Å². The van der Waals surface area contributed by atoms with E-state index in [4.69, 9.17) is 20.4 Å². The number of aliphatic carboxylic acids is 1. The summed E-state index contributed by atoms with van der Waals surface area (Å²) in [5, 5.41) is 13.6. The van der Waals surface area contributed by atoms with Gasteiger partial charge in [0.15, 0.2) is 9.84 Å². The molecule has 1 aromatic heterocycles. The number of carboxylic acid groups (broad SMARTS) is 1. The maximum Gasteiger partial charge on any atom is 0.490 e. The van der Waals surface area contributed by atoms with Crippen molar-refractivity contribution in [3.05, 3.63) is 54.2 Å². The van der Waals surface area contributed by atoms with E-state index < -0.39 is 33.1 Å². The smallest absolute Gasteiger partial charge is 0.490 e. The molecule has 1 amide bonds. The first kappa shape index (κ1) is 28.7. The highest BCUT2D eigenvalue weighted by atomic mass is 32.2. The zero-order valence-electron chi connectivity index (χ0n) is 20.1. The standard InChI is InChI=1S/C22H24N4O4S.C2HF3O2/c1-30-15-4-2-3-14(11-15)26-21-18-12-17(31(28,29)16-7-9-24-10-8-16)5-6-20(18)25-13-19(21)22(23)27;3-2(4,5)1(6)7/h2-6,11-13,16,24H,7-10H2,1H3,(H2,23,27)(H,25,26);(H,6,7). The number of amides is 1. The molecule has 1 aliphatic rings. The Labute approximate surface area is 215 Å². The molecule has 0 unspecified atom stereocenters. The van der Waals surface area contributed by atoms with E-state index in [0.717, 1.165) is 0 Å². The molecule has 5 N–H and O–H groups in total. The number of ether oxygens (including phenoxy) is 1. The lowest BCUT2D eigenvalue weighted by molar-refractivity contribution is -0.192. The number of primary amides is 1. The number of methoxy groups -OCH3 is 1. The number of hydrogen-bond donors (Lipinski definition) is 4. The fourth-order valence-corrected chi connectivity index (χ4v) is 5.59. The van der Waals surface area contributed by atoms with Crippen molar-refractivity contribution in [3.63, 3.8) is 0 Å². The van der Waals surface area contributed by atoms with Crippen molar-refractivity contribution < 1.29 is 41.0 Å². The van der Waals surface area contributed by atoms with Crippen molar-refractivity contribution in [1.29, 1.82) is 0 Å². The predicted molar refractivity (Wildman–Crippen MR) is 133 cm³/mol. The topological polar surface area (TPSA) is 161 Å². The molecule has 0 radical (unpaired) electrons. The minimum atomic E-state index is -5.08. The van der Waals surface area contributed by atoms with Crippen LogP contribution in [-0.4, -0.2) is 62.0 Å². The quantitative estimate of drug-likeness (QED) is 0.359. The molecule has 204 valence electrons. The van der Waals surface area contributed by atoms with E-state index in [-0.39, 0.29) is 10.5 Å². The monoisotopic (exact) mass is 554 g/mol. The summed E-state index contributed by atoms with van der Waals surface area (Å²) in [5.41, 5.74) is 7.39. The fraction of sp³-hybridized carbons (Fsp3) is 0.292. The van der Waals surface area contributed by atoms with Gasteiger partial charge in [-0.15, -0.1) is 0 Å². The fourth-order valence-electron chi connectivity index (χ4n) is 3.81. The number of anilines is 2. The van der Waals surface area contributed by atoms with Crippen molar-refractivity contribution in [2.45, 2.75) is 29.2 Å². The Kier molecular flexibility index (Phi) is 8.78. The molecule has 14 heteroatoms. The molecule has 1 saturated heterocycles. The van der Waals surface area contributed by atoms with Gasteiger partial charge < -0.3 is 26.2 Å². The number of carbonyl (C=O) groups is 2. The number of nitrogens with one attached hydrogen (secondary N) is 2. The second-order valence-corrected chi connectivity index (χ2v) is 10.5. The minimum absolute atomic E-state index is 0.173. The number of nitrogens with two attached hydrogens (primary N) is 1. The summed E-state index contributed by atoms with van der Waals surface area (Å²) in [6.07, 6.45) is -2.56. The number of hydrogen-bond acceptors (Lipinski definition) is 8. The maximum absolute atomic E-state index is 13.2. The molecule has 1 fully saturated rings. The zero-order chi connectivity index (χ0) is 28.1. The van der Waals surface area contributed by atoms with Gasteiger partial charge in [-0.25, -0.2) is 13.2 Å². The highest BCUT2D eigenvalue weighted by molar-refractivity contribution is 7.92. The highest BCUT2D eigenvalue weighted by Gasteiger charge is 2.38. The number of carboxylic acids is 1. The lowest BCUT2D eigenvalue weighted by Crippen LogP contribution is -2.35. The maximum atomic E-state index is 13.2. The molecule has 4 rings (SSSR count). The van der Waals surface area contributed by atoms with Crippen molar-refractivity contribution in [1.82, 2.24) is 10.3 Å². The van der Waals surface area contributed by atoms with Gasteiger partial charge in [0.2, 0.25) is 0 Å². The summed E-state index contributed by atoms with van der Waals surface area (Å²) in [4.78, 5) is 25.5. The van der Waals surface area contributed by atoms with Crippen LogP contribution in [0, 0.1) is 0 Å². The summed E-state index contributed by atoms with van der Waals surface area (Å²) >= 11 is 0. The van der Waals surface area contributed by atoms with Gasteiger partial charge in [-0.1, -0.05) is 6.07 Å². The molecule has 2 aromatic carbocycles. The summed E-state index contributed by atoms with van der Waals surface area (Å²) in [6.45, 7) is 1.35. The third-order valence-electron chi connectivity index (χ3n) is 5.74. The van der Waals surface area contributed by atoms with Crippen LogP contribution in [0.5, 0.6) is 5.75 Å². The summed E-state index contributed by atoms with van der Waals surface area (Å²) < 4.78 is 63.4. The van der Waals surface area contributed by atoms with Gasteiger partial charge in [0.05, 0.1) is 34.0 Å². The third-order valence-corrected chi connectivity index (χ3v) is 8.00. The van der Waals surface area contributed by atoms with E-state index in [1.807, 2.05) is 12.1 Å². The number of fused-ring (bicyclic) bond motifs is 1. The average molecular weight is 555 g/mol. The van der Waals surface area contributed by atoms with E-state index >= 15 is 0 Å². The summed E-state index contributed by atoms with van der Waals surface area (Å²) in [6, 6.07) is 12.0. The first-order valence-corrected chi connectivity index (χ1v) is 12.8. The number of piperidine rings is 1. The Morgan fingerprint density at radius 3 is 2.39 bits per heavy atom. The van der Waals surface area contributed by atoms with Crippen LogP contribution < -0.4 is 21.1 Å². The number of sulfone groups is 1. The molecule has 38 heavy (non-hydrogen) atoms. The van der Waals surface area contributed by atoms with Gasteiger partial charge in [-0.2, -0.15) is 13.2 Å². The van der Waals surface area contributed by atoms with Gasteiger partial charge in [-0.05, 0) is 56.3 Å². The predicted octanol–water partition coefficient (Wildman–Crippen LogP) is 3.24. The molecular weight excluding hydrogens is 529 g/mol. The first-order chi connectivity index (χ1) is 17.8. The number of aromatic nitrogens is 1. The Morgan fingerprint density at radius 1 is 1.16 bits per heavy atom. The number of carbonyl (C=O) groups excluding carboxylic acids is 1. The molecule has 0 aliphatic carbocycles. The average Bonchev–Trinajstić information content (AvgIpc) is 2.88. The zero-order valence-corrected chi connectivity index (χ0v) is 20.9. The summed E-state index contributed by atoms with van der Waals surface area (Å²) in [7, 11) is -1.96. The lowest BCUT2D eigenvalue weighted by Gasteiger charge is -2.23. The Morgan fingerprint density at radius 2 is 1.82 bits per heavy atom. The van der Waals surface area contributed by atoms with Crippen molar-refractivity contribution >= 4 is 44.0 Å². The van der Waals surface area contributed by atoms with E-state index in [0.29, 0.717) is 54.0 Å². The van der Waals surface area contributed by atoms with Crippen molar-refractivity contribution in [2.75, 3.05) is 25.5 Å². The molecule has 0 atom stereocenters. The highest BCUT2D eigenvalue weighted by Crippen LogP contribution is 2.33. The van der Waals surface area contributed by atoms with Crippen LogP contribution in [0.4, 0.5) is 24.5 Å². The Balaban J connectivity index is 0.000000505. The van der Waals surface area contributed by atoms with Crippen LogP contribution in [0.2, 0.25) is 0 Å². The molecule has 1 aliphatic heterocycles. The molecule has 2 heterocycles. The minimum Gasteiger partial charge on any atom is -0.497 e. The third kappa shape index (κ3) is 6.69. The molecule has 3 aromatic rings. The van der Waals surface area contributed by atoms with Crippen LogP contribution in [-0.2, 0) is 14.6 Å². The molecular formula is C24H25F3N4O6S. The second-order valence-electron chi connectivity index (χ2n) is 8.24. The van der Waals surface area contributed by atoms with Crippen molar-refractivity contribution in [3.8, 4) is 5.75 Å². The largest absolute Gasteiger partial charge is 0.497 e. The van der Waals surface area contributed by atoms with Gasteiger partial charge >= 0.3 is 12.1 Å². The van der Waals surface area contributed by atoms with Crippen LogP contribution in [0.1, 0.15) is 23.2 Å². The molecule has 0 saturated carbocycles. The number of halogens is 3. The van der Waals surface area contributed by atoms with Crippen LogP contribution in [0.25, 0.3) is 10.9 Å². The molecule has 0 spiro atoms. The lowest BCUT2D eigenvalue weighted by atomic mass is 10.1. The number of nitrogens with zero attached hydrogens (tertiary/aromatic N) is 1. The Hall–Kier alpha value is -3.91. The first-order valence-electron chi connectivity index (χ1n) is 11.2. The van der Waals surface area contributed by atoms with Gasteiger partial charge in [0, 0.05) is 23.3 Å². The van der Waals surface area contributed by atoms with Crippen LogP contribution in [0.15, 0.2) is 53.6 Å².